The largest absolute Gasteiger partial charge is 0.485 e. The van der Waals surface area contributed by atoms with E-state index in [0.29, 0.717) is 29.2 Å². The Balaban J connectivity index is 0.00000196. The molecule has 3 heterocycles. The van der Waals surface area contributed by atoms with Crippen molar-refractivity contribution in [1.82, 2.24) is 25.2 Å². The number of rotatable bonds is 5. The predicted molar refractivity (Wildman–Crippen MR) is 94.6 cm³/mol. The third-order valence-corrected chi connectivity index (χ3v) is 4.10. The van der Waals surface area contributed by atoms with Crippen molar-refractivity contribution >= 4 is 12.4 Å². The number of aromatic nitrogens is 4. The number of piperidine rings is 1. The van der Waals surface area contributed by atoms with Gasteiger partial charge in [-0.1, -0.05) is 11.2 Å². The Bertz CT molecular complexity index is 847. The summed E-state index contributed by atoms with van der Waals surface area (Å²) in [6, 6.07) is 8.13. The Morgan fingerprint density at radius 1 is 1.35 bits per heavy atom. The van der Waals surface area contributed by atoms with Crippen molar-refractivity contribution in [2.75, 3.05) is 13.1 Å². The van der Waals surface area contributed by atoms with E-state index < -0.39 is 0 Å². The summed E-state index contributed by atoms with van der Waals surface area (Å²) in [5, 5.41) is 11.8. The SMILES string of the molecule is Cl.Fc1cccc(OCc2noc(-c3ccn(C4CCCNC4)n3)n2)c1. The van der Waals surface area contributed by atoms with Crippen LogP contribution in [0, 0.1) is 5.82 Å². The molecule has 0 radical (unpaired) electrons. The van der Waals surface area contributed by atoms with Crippen LogP contribution in [-0.4, -0.2) is 33.0 Å². The number of hydrogen-bond acceptors (Lipinski definition) is 6. The molecule has 7 nitrogen and oxygen atoms in total. The van der Waals surface area contributed by atoms with Gasteiger partial charge in [-0.25, -0.2) is 4.39 Å². The summed E-state index contributed by atoms with van der Waals surface area (Å²) < 4.78 is 25.8. The first-order valence-corrected chi connectivity index (χ1v) is 8.25. The summed E-state index contributed by atoms with van der Waals surface area (Å²) in [6.07, 6.45) is 4.17. The van der Waals surface area contributed by atoms with Gasteiger partial charge in [0, 0.05) is 18.8 Å². The minimum absolute atomic E-state index is 0. The molecule has 1 fully saturated rings. The van der Waals surface area contributed by atoms with E-state index in [1.807, 2.05) is 16.9 Å². The molecule has 1 aliphatic rings. The number of benzene rings is 1. The molecule has 1 atom stereocenters. The number of nitrogens with one attached hydrogen (secondary N) is 1. The fraction of sp³-hybridized carbons (Fsp3) is 0.353. The summed E-state index contributed by atoms with van der Waals surface area (Å²) in [6.45, 7) is 2.07. The molecule has 1 saturated heterocycles. The zero-order valence-corrected chi connectivity index (χ0v) is 14.8. The Hall–Kier alpha value is -2.45. The van der Waals surface area contributed by atoms with Crippen LogP contribution in [0.25, 0.3) is 11.6 Å². The van der Waals surface area contributed by atoms with Gasteiger partial charge in [-0.3, -0.25) is 4.68 Å². The molecule has 1 unspecified atom stereocenters. The minimum Gasteiger partial charge on any atom is -0.485 e. The highest BCUT2D eigenvalue weighted by Crippen LogP contribution is 2.20. The molecule has 2 aromatic heterocycles. The average Bonchev–Trinajstić information content (AvgIpc) is 3.30. The molecule has 0 bridgehead atoms. The van der Waals surface area contributed by atoms with E-state index in [0.717, 1.165) is 25.9 Å². The highest BCUT2D eigenvalue weighted by molar-refractivity contribution is 5.85. The second kappa shape index (κ2) is 8.29. The normalized spacial score (nSPS) is 16.9. The third-order valence-electron chi connectivity index (χ3n) is 4.10. The maximum Gasteiger partial charge on any atom is 0.278 e. The Kier molecular flexibility index (Phi) is 5.85. The first-order valence-electron chi connectivity index (χ1n) is 8.25. The lowest BCUT2D eigenvalue weighted by atomic mass is 10.1. The highest BCUT2D eigenvalue weighted by Gasteiger charge is 2.18. The van der Waals surface area contributed by atoms with Crippen LogP contribution in [0.5, 0.6) is 5.75 Å². The van der Waals surface area contributed by atoms with E-state index in [1.165, 1.54) is 12.1 Å². The van der Waals surface area contributed by atoms with E-state index in [-0.39, 0.29) is 24.8 Å². The number of ether oxygens (including phenoxy) is 1. The molecule has 0 amide bonds. The van der Waals surface area contributed by atoms with Gasteiger partial charge in [0.1, 0.15) is 11.6 Å². The van der Waals surface area contributed by atoms with Crippen molar-refractivity contribution < 1.29 is 13.7 Å². The molecule has 0 spiro atoms. The van der Waals surface area contributed by atoms with E-state index in [2.05, 4.69) is 20.6 Å². The van der Waals surface area contributed by atoms with Gasteiger partial charge in [-0.15, -0.1) is 12.4 Å². The van der Waals surface area contributed by atoms with E-state index in [9.17, 15) is 4.39 Å². The lowest BCUT2D eigenvalue weighted by Crippen LogP contribution is -2.31. The molecule has 0 aliphatic carbocycles. The van der Waals surface area contributed by atoms with Gasteiger partial charge in [0.05, 0.1) is 6.04 Å². The standard InChI is InChI=1S/C17H18FN5O2.ClH/c18-12-3-1-5-14(9-12)24-11-16-20-17(25-22-16)15-6-8-23(21-15)13-4-2-7-19-10-13;/h1,3,5-6,8-9,13,19H,2,4,7,10-11H2;1H. The lowest BCUT2D eigenvalue weighted by molar-refractivity contribution is 0.285. The van der Waals surface area contributed by atoms with Crippen molar-refractivity contribution in [3.63, 3.8) is 0 Å². The zero-order valence-electron chi connectivity index (χ0n) is 14.0. The summed E-state index contributed by atoms with van der Waals surface area (Å²) in [4.78, 5) is 4.29. The average molecular weight is 380 g/mol. The second-order valence-electron chi connectivity index (χ2n) is 5.94. The molecule has 1 aromatic carbocycles. The van der Waals surface area contributed by atoms with Crippen LogP contribution in [0.2, 0.25) is 0 Å². The minimum atomic E-state index is -0.353. The van der Waals surface area contributed by atoms with Crippen LogP contribution in [-0.2, 0) is 6.61 Å². The first kappa shape index (κ1) is 18.3. The van der Waals surface area contributed by atoms with E-state index in [1.54, 1.807) is 12.1 Å². The fourth-order valence-electron chi connectivity index (χ4n) is 2.84. The van der Waals surface area contributed by atoms with Crippen molar-refractivity contribution in [3.8, 4) is 17.3 Å². The van der Waals surface area contributed by atoms with Crippen LogP contribution < -0.4 is 10.1 Å². The summed E-state index contributed by atoms with van der Waals surface area (Å²) in [5.41, 5.74) is 0.634. The smallest absolute Gasteiger partial charge is 0.278 e. The first-order chi connectivity index (χ1) is 12.3. The fourth-order valence-corrected chi connectivity index (χ4v) is 2.84. The molecule has 1 N–H and O–H groups in total. The van der Waals surface area contributed by atoms with Gasteiger partial charge >= 0.3 is 0 Å². The molecule has 9 heteroatoms. The zero-order chi connectivity index (χ0) is 17.1. The number of hydrogen-bond donors (Lipinski definition) is 1. The molecule has 1 aliphatic heterocycles. The lowest BCUT2D eigenvalue weighted by Gasteiger charge is -2.22. The maximum atomic E-state index is 13.1. The molecule has 3 aromatic rings. The maximum absolute atomic E-state index is 13.1. The van der Waals surface area contributed by atoms with Crippen LogP contribution in [0.3, 0.4) is 0 Å². The molecule has 4 rings (SSSR count). The number of nitrogens with zero attached hydrogens (tertiary/aromatic N) is 4. The molecular weight excluding hydrogens is 361 g/mol. The molecule has 26 heavy (non-hydrogen) atoms. The molecule has 138 valence electrons. The highest BCUT2D eigenvalue weighted by atomic mass is 35.5. The van der Waals surface area contributed by atoms with Crippen LogP contribution in [0.15, 0.2) is 41.1 Å². The molecular formula is C17H19ClFN5O2. The van der Waals surface area contributed by atoms with E-state index >= 15 is 0 Å². The van der Waals surface area contributed by atoms with Gasteiger partial charge in [-0.2, -0.15) is 10.1 Å². The third kappa shape index (κ3) is 4.20. The quantitative estimate of drug-likeness (QED) is 0.734. The summed E-state index contributed by atoms with van der Waals surface area (Å²) in [7, 11) is 0. The van der Waals surface area contributed by atoms with Crippen LogP contribution >= 0.6 is 12.4 Å². The van der Waals surface area contributed by atoms with Gasteiger partial charge in [0.25, 0.3) is 5.89 Å². The van der Waals surface area contributed by atoms with Crippen LogP contribution in [0.1, 0.15) is 24.7 Å². The van der Waals surface area contributed by atoms with Crippen molar-refractivity contribution in [1.29, 1.82) is 0 Å². The van der Waals surface area contributed by atoms with Crippen LogP contribution in [0.4, 0.5) is 4.39 Å². The Morgan fingerprint density at radius 2 is 2.27 bits per heavy atom. The topological polar surface area (TPSA) is 78.0 Å². The van der Waals surface area contributed by atoms with E-state index in [4.69, 9.17) is 9.26 Å². The van der Waals surface area contributed by atoms with Gasteiger partial charge < -0.3 is 14.6 Å². The summed E-state index contributed by atoms with van der Waals surface area (Å²) in [5.74, 6) is 0.794. The predicted octanol–water partition coefficient (Wildman–Crippen LogP) is 3.00. The molecule has 0 saturated carbocycles. The van der Waals surface area contributed by atoms with Gasteiger partial charge in [0.2, 0.25) is 5.82 Å². The van der Waals surface area contributed by atoms with Gasteiger partial charge in [-0.05, 0) is 37.6 Å². The van der Waals surface area contributed by atoms with Crippen molar-refractivity contribution in [3.05, 3.63) is 48.2 Å². The monoisotopic (exact) mass is 379 g/mol. The van der Waals surface area contributed by atoms with Crippen molar-refractivity contribution in [2.24, 2.45) is 0 Å². The number of halogens is 2. The Labute approximate surface area is 156 Å². The van der Waals surface area contributed by atoms with Crippen molar-refractivity contribution in [2.45, 2.75) is 25.5 Å². The Morgan fingerprint density at radius 3 is 3.08 bits per heavy atom. The van der Waals surface area contributed by atoms with Gasteiger partial charge in [0.15, 0.2) is 12.3 Å². The summed E-state index contributed by atoms with van der Waals surface area (Å²) >= 11 is 0. The second-order valence-corrected chi connectivity index (χ2v) is 5.94.